The van der Waals surface area contributed by atoms with E-state index in [1.807, 2.05) is 47.5 Å². The Bertz CT molecular complexity index is 1380. The van der Waals surface area contributed by atoms with Crippen molar-refractivity contribution in [2.75, 3.05) is 6.54 Å². The van der Waals surface area contributed by atoms with Gasteiger partial charge in [-0.05, 0) is 70.8 Å². The van der Waals surface area contributed by atoms with Crippen LogP contribution in [0.2, 0.25) is 5.02 Å². The third kappa shape index (κ3) is 4.40. The number of amides is 1. The second-order valence-corrected chi connectivity index (χ2v) is 11.3. The highest BCUT2D eigenvalue weighted by Crippen LogP contribution is 2.29. The maximum Gasteiger partial charge on any atom is 0.266 e. The minimum absolute atomic E-state index is 0.102. The fraction of sp³-hybridized carbons (Fsp3) is 0.208. The van der Waals surface area contributed by atoms with E-state index in [0.717, 1.165) is 15.6 Å². The van der Waals surface area contributed by atoms with Gasteiger partial charge in [0.15, 0.2) is 5.84 Å². The van der Waals surface area contributed by atoms with Crippen LogP contribution in [-0.2, 0) is 21.4 Å². The molecule has 0 radical (unpaired) electrons. The molecule has 1 atom stereocenters. The number of hydrogen-bond acceptors (Lipinski definition) is 4. The van der Waals surface area contributed by atoms with E-state index in [2.05, 4.69) is 25.9 Å². The van der Waals surface area contributed by atoms with Gasteiger partial charge in [-0.2, -0.15) is 9.30 Å². The summed E-state index contributed by atoms with van der Waals surface area (Å²) in [4.78, 5) is 24.5. The normalized spacial score (nSPS) is 21.5. The summed E-state index contributed by atoms with van der Waals surface area (Å²) < 4.78 is 28.7. The number of allylic oxidation sites excluding steroid dienone is 2. The summed E-state index contributed by atoms with van der Waals surface area (Å²) in [5.74, 6) is 0.419. The third-order valence-electron chi connectivity index (χ3n) is 5.91. The van der Waals surface area contributed by atoms with Crippen LogP contribution in [0.3, 0.4) is 0 Å². The molecule has 3 aliphatic rings. The van der Waals surface area contributed by atoms with Crippen LogP contribution in [0.5, 0.6) is 0 Å². The Morgan fingerprint density at radius 1 is 1.12 bits per heavy atom. The molecule has 3 heterocycles. The highest BCUT2D eigenvalue weighted by molar-refractivity contribution is 9.11. The summed E-state index contributed by atoms with van der Waals surface area (Å²) in [6.07, 6.45) is 6.64. The van der Waals surface area contributed by atoms with E-state index in [-0.39, 0.29) is 17.3 Å². The molecular formula is C24H20BrClN4O3S. The molecular weight excluding hydrogens is 540 g/mol. The molecule has 0 saturated carbocycles. The Labute approximate surface area is 211 Å². The summed E-state index contributed by atoms with van der Waals surface area (Å²) in [5, 5.41) is 0.443. The number of carbonyl (C=O) groups is 1. The van der Waals surface area contributed by atoms with Crippen molar-refractivity contribution in [2.45, 2.75) is 30.3 Å². The number of nitrogens with zero attached hydrogens (tertiary/aromatic N) is 4. The molecule has 5 rings (SSSR count). The molecule has 0 N–H and O–H groups in total. The van der Waals surface area contributed by atoms with E-state index >= 15 is 0 Å². The molecule has 2 aromatic rings. The zero-order valence-corrected chi connectivity index (χ0v) is 21.1. The lowest BCUT2D eigenvalue weighted by Gasteiger charge is -2.22. The predicted octanol–water partition coefficient (Wildman–Crippen LogP) is 4.49. The number of halogens is 2. The van der Waals surface area contributed by atoms with Crippen LogP contribution in [-0.4, -0.2) is 47.8 Å². The van der Waals surface area contributed by atoms with Crippen LogP contribution < -0.4 is 0 Å². The number of amidine groups is 2. The lowest BCUT2D eigenvalue weighted by atomic mass is 10.1. The zero-order valence-electron chi connectivity index (χ0n) is 17.9. The molecule has 0 spiro atoms. The van der Waals surface area contributed by atoms with E-state index in [4.69, 9.17) is 11.6 Å². The molecule has 0 aliphatic carbocycles. The van der Waals surface area contributed by atoms with Gasteiger partial charge in [0.2, 0.25) is 10.0 Å². The van der Waals surface area contributed by atoms with Gasteiger partial charge >= 0.3 is 0 Å². The molecule has 174 valence electrons. The number of carbonyl (C=O) groups excluding carboxylic acids is 1. The van der Waals surface area contributed by atoms with Crippen molar-refractivity contribution in [2.24, 2.45) is 9.98 Å². The Morgan fingerprint density at radius 2 is 1.88 bits per heavy atom. The maximum atomic E-state index is 13.4. The Balaban J connectivity index is 1.51. The summed E-state index contributed by atoms with van der Waals surface area (Å²) >= 11 is 9.40. The highest BCUT2D eigenvalue weighted by atomic mass is 79.9. The van der Waals surface area contributed by atoms with Crippen molar-refractivity contribution in [3.8, 4) is 0 Å². The Kier molecular flexibility index (Phi) is 6.28. The largest absolute Gasteiger partial charge is 0.327 e. The molecule has 7 nitrogen and oxygen atoms in total. The lowest BCUT2D eigenvalue weighted by molar-refractivity contribution is -0.120. The van der Waals surface area contributed by atoms with E-state index < -0.39 is 22.0 Å². The molecule has 34 heavy (non-hydrogen) atoms. The number of hydrogen-bond donors (Lipinski definition) is 0. The highest BCUT2D eigenvalue weighted by Gasteiger charge is 2.39. The molecule has 1 fully saturated rings. The molecule has 1 amide bonds. The fourth-order valence-corrected chi connectivity index (χ4v) is 6.40. The van der Waals surface area contributed by atoms with Gasteiger partial charge in [-0.15, -0.1) is 0 Å². The first-order valence-electron chi connectivity index (χ1n) is 10.7. The molecule has 0 bridgehead atoms. The van der Waals surface area contributed by atoms with Gasteiger partial charge in [0.1, 0.15) is 11.9 Å². The molecule has 0 aromatic heterocycles. The van der Waals surface area contributed by atoms with Gasteiger partial charge in [-0.25, -0.2) is 13.4 Å². The average Bonchev–Trinajstić information content (AvgIpc) is 3.27. The molecule has 1 saturated heterocycles. The number of benzene rings is 2. The molecule has 2 aromatic carbocycles. The maximum absolute atomic E-state index is 13.4. The standard InChI is InChI=1S/C24H20BrClN4O3S/c25-17-7-12-22-27-23(20-5-2-1-4-16(20)14-29(22)15-17)28-24(31)21-6-3-13-30(21)34(32,33)19-10-8-18(26)9-11-19/h1-2,4-5,7-12,15,21H,3,6,13-14H2. The first-order valence-corrected chi connectivity index (χ1v) is 13.3. The van der Waals surface area contributed by atoms with E-state index in [0.29, 0.717) is 30.2 Å². The number of sulfonamides is 1. The SMILES string of the molecule is O=C(N=C1N=C2C=CC(Br)=CN2Cc2ccccc21)C1CCCN1S(=O)(=O)c1ccc(Cl)cc1. The van der Waals surface area contributed by atoms with Gasteiger partial charge in [-0.3, -0.25) is 4.79 Å². The topological polar surface area (TPSA) is 82.4 Å². The first-order chi connectivity index (χ1) is 16.3. The van der Waals surface area contributed by atoms with Crippen molar-refractivity contribution in [1.29, 1.82) is 0 Å². The van der Waals surface area contributed by atoms with Gasteiger partial charge < -0.3 is 4.90 Å². The number of rotatable bonds is 3. The van der Waals surface area contributed by atoms with Crippen LogP contribution in [0.1, 0.15) is 24.0 Å². The minimum Gasteiger partial charge on any atom is -0.327 e. The number of aliphatic imine (C=N–C) groups is 2. The summed E-state index contributed by atoms with van der Waals surface area (Å²) in [6.45, 7) is 0.828. The minimum atomic E-state index is -3.87. The van der Waals surface area contributed by atoms with E-state index in [1.165, 1.54) is 28.6 Å². The Hall–Kier alpha value is -2.59. The van der Waals surface area contributed by atoms with Crippen LogP contribution in [0.15, 0.2) is 86.2 Å². The summed E-state index contributed by atoms with van der Waals surface area (Å²) in [5.41, 5.74) is 1.72. The predicted molar refractivity (Wildman–Crippen MR) is 135 cm³/mol. The third-order valence-corrected chi connectivity index (χ3v) is 8.55. The number of fused-ring (bicyclic) bond motifs is 2. The Morgan fingerprint density at radius 3 is 2.68 bits per heavy atom. The van der Waals surface area contributed by atoms with Crippen LogP contribution in [0.4, 0.5) is 0 Å². The van der Waals surface area contributed by atoms with Gasteiger partial charge in [-0.1, -0.05) is 35.9 Å². The molecule has 3 aliphatic heterocycles. The smallest absolute Gasteiger partial charge is 0.266 e. The van der Waals surface area contributed by atoms with Crippen molar-refractivity contribution in [1.82, 2.24) is 9.21 Å². The second kappa shape index (κ2) is 9.22. The fourth-order valence-electron chi connectivity index (χ4n) is 4.25. The van der Waals surface area contributed by atoms with Crippen molar-refractivity contribution in [3.63, 3.8) is 0 Å². The second-order valence-electron chi connectivity index (χ2n) is 8.10. The van der Waals surface area contributed by atoms with Gasteiger partial charge in [0.25, 0.3) is 5.91 Å². The van der Waals surface area contributed by atoms with Crippen molar-refractivity contribution < 1.29 is 13.2 Å². The van der Waals surface area contributed by atoms with E-state index in [1.54, 1.807) is 0 Å². The molecule has 10 heteroatoms. The van der Waals surface area contributed by atoms with Crippen molar-refractivity contribution >= 4 is 55.1 Å². The monoisotopic (exact) mass is 558 g/mol. The first kappa shape index (κ1) is 23.2. The van der Waals surface area contributed by atoms with Crippen LogP contribution in [0, 0.1) is 0 Å². The summed E-state index contributed by atoms with van der Waals surface area (Å²) in [7, 11) is -3.87. The lowest BCUT2D eigenvalue weighted by Crippen LogP contribution is -2.40. The quantitative estimate of drug-likeness (QED) is 0.555. The summed E-state index contributed by atoms with van der Waals surface area (Å²) in [6, 6.07) is 12.7. The zero-order chi connectivity index (χ0) is 23.9. The van der Waals surface area contributed by atoms with Gasteiger partial charge in [0, 0.05) is 34.4 Å². The molecule has 1 unspecified atom stereocenters. The van der Waals surface area contributed by atoms with Crippen molar-refractivity contribution in [3.05, 3.63) is 87.5 Å². The van der Waals surface area contributed by atoms with Gasteiger partial charge in [0.05, 0.1) is 4.90 Å². The van der Waals surface area contributed by atoms with Crippen LogP contribution >= 0.6 is 27.5 Å². The van der Waals surface area contributed by atoms with Crippen LogP contribution in [0.25, 0.3) is 0 Å². The average molecular weight is 560 g/mol. The van der Waals surface area contributed by atoms with E-state index in [9.17, 15) is 13.2 Å².